The maximum atomic E-state index is 14.6. The second kappa shape index (κ2) is 7.75. The third-order valence-electron chi connectivity index (χ3n) is 5.40. The molecule has 2 aromatic carbocycles. The second-order valence-electron chi connectivity index (χ2n) is 7.36. The number of hydrogen-bond donors (Lipinski definition) is 3. The molecule has 31 heavy (non-hydrogen) atoms. The second-order valence-corrected chi connectivity index (χ2v) is 8.89. The minimum atomic E-state index is -4.20. The number of amides is 3. The lowest BCUT2D eigenvalue weighted by Crippen LogP contribution is -2.52. The van der Waals surface area contributed by atoms with Crippen LogP contribution in [0.5, 0.6) is 0 Å². The van der Waals surface area contributed by atoms with Crippen molar-refractivity contribution >= 4 is 33.4 Å². The van der Waals surface area contributed by atoms with Crippen molar-refractivity contribution in [2.75, 3.05) is 5.32 Å². The van der Waals surface area contributed by atoms with Gasteiger partial charge in [-0.2, -0.15) is 0 Å². The molecule has 0 radical (unpaired) electrons. The number of benzene rings is 2. The van der Waals surface area contributed by atoms with Gasteiger partial charge in [0, 0.05) is 41.9 Å². The van der Waals surface area contributed by atoms with Crippen LogP contribution in [-0.4, -0.2) is 37.1 Å². The first-order valence-corrected chi connectivity index (χ1v) is 11.0. The SMILES string of the molecule is NS(=O)(=O)c1cccc(CNc2cccc3c2CN([C@@H]2CCC(=O)NC2=O)C3=O)c1F. The fourth-order valence-corrected chi connectivity index (χ4v) is 4.50. The summed E-state index contributed by atoms with van der Waals surface area (Å²) in [5.41, 5.74) is 1.70. The van der Waals surface area contributed by atoms with Crippen molar-refractivity contribution in [3.8, 4) is 0 Å². The number of primary sulfonamides is 1. The number of nitrogens with one attached hydrogen (secondary N) is 2. The number of rotatable bonds is 5. The van der Waals surface area contributed by atoms with Gasteiger partial charge in [0.15, 0.2) is 0 Å². The van der Waals surface area contributed by atoms with Gasteiger partial charge in [-0.1, -0.05) is 18.2 Å². The zero-order valence-electron chi connectivity index (χ0n) is 16.2. The largest absolute Gasteiger partial charge is 0.381 e. The Labute approximate surface area is 177 Å². The third kappa shape index (κ3) is 3.89. The molecule has 2 aromatic rings. The molecule has 4 N–H and O–H groups in total. The zero-order chi connectivity index (χ0) is 22.3. The van der Waals surface area contributed by atoms with Gasteiger partial charge in [-0.05, 0) is 24.6 Å². The number of halogens is 1. The molecule has 0 unspecified atom stereocenters. The van der Waals surface area contributed by atoms with Crippen LogP contribution in [0.1, 0.15) is 34.3 Å². The molecule has 0 spiro atoms. The Hall–Kier alpha value is -3.31. The number of hydrogen-bond acceptors (Lipinski definition) is 6. The first-order valence-electron chi connectivity index (χ1n) is 9.47. The summed E-state index contributed by atoms with van der Waals surface area (Å²) < 4.78 is 37.6. The van der Waals surface area contributed by atoms with Crippen LogP contribution in [-0.2, 0) is 32.7 Å². The normalized spacial score (nSPS) is 18.7. The molecule has 2 aliphatic rings. The van der Waals surface area contributed by atoms with Gasteiger partial charge >= 0.3 is 0 Å². The molecule has 4 rings (SSSR count). The molecule has 11 heteroatoms. The molecule has 0 bridgehead atoms. The van der Waals surface area contributed by atoms with Crippen LogP contribution in [0.4, 0.5) is 10.1 Å². The van der Waals surface area contributed by atoms with E-state index in [-0.39, 0.29) is 43.3 Å². The maximum absolute atomic E-state index is 14.6. The van der Waals surface area contributed by atoms with E-state index in [2.05, 4.69) is 10.6 Å². The average Bonchev–Trinajstić information content (AvgIpc) is 3.03. The van der Waals surface area contributed by atoms with Crippen LogP contribution in [0.2, 0.25) is 0 Å². The van der Waals surface area contributed by atoms with E-state index < -0.39 is 32.7 Å². The summed E-state index contributed by atoms with van der Waals surface area (Å²) in [6.45, 7) is 0.113. The van der Waals surface area contributed by atoms with Gasteiger partial charge in [0.25, 0.3) is 5.91 Å². The highest BCUT2D eigenvalue weighted by Crippen LogP contribution is 2.32. The predicted molar refractivity (Wildman–Crippen MR) is 108 cm³/mol. The quantitative estimate of drug-likeness (QED) is 0.582. The van der Waals surface area contributed by atoms with E-state index in [1.54, 1.807) is 18.2 Å². The minimum Gasteiger partial charge on any atom is -0.381 e. The Morgan fingerprint density at radius 1 is 1.16 bits per heavy atom. The summed E-state index contributed by atoms with van der Waals surface area (Å²) in [4.78, 5) is 37.3. The summed E-state index contributed by atoms with van der Waals surface area (Å²) in [5.74, 6) is -2.13. The molecule has 2 aliphatic heterocycles. The van der Waals surface area contributed by atoms with E-state index in [1.165, 1.54) is 17.0 Å². The van der Waals surface area contributed by atoms with Gasteiger partial charge in [0.1, 0.15) is 16.8 Å². The summed E-state index contributed by atoms with van der Waals surface area (Å²) in [6.07, 6.45) is 0.403. The van der Waals surface area contributed by atoms with E-state index in [9.17, 15) is 27.2 Å². The van der Waals surface area contributed by atoms with Crippen molar-refractivity contribution in [2.24, 2.45) is 5.14 Å². The van der Waals surface area contributed by atoms with Gasteiger partial charge in [-0.15, -0.1) is 0 Å². The molecule has 3 amide bonds. The number of carbonyl (C=O) groups is 3. The summed E-state index contributed by atoms with van der Waals surface area (Å²) in [6, 6.07) is 8.17. The van der Waals surface area contributed by atoms with E-state index in [0.29, 0.717) is 16.8 Å². The molecule has 1 saturated heterocycles. The van der Waals surface area contributed by atoms with Crippen molar-refractivity contribution in [2.45, 2.75) is 36.9 Å². The van der Waals surface area contributed by atoms with Crippen LogP contribution >= 0.6 is 0 Å². The highest BCUT2D eigenvalue weighted by molar-refractivity contribution is 7.89. The Morgan fingerprint density at radius 2 is 1.90 bits per heavy atom. The summed E-state index contributed by atoms with van der Waals surface area (Å²) in [7, 11) is -4.20. The number of anilines is 1. The van der Waals surface area contributed by atoms with Gasteiger partial charge in [-0.25, -0.2) is 17.9 Å². The number of nitrogens with zero attached hydrogens (tertiary/aromatic N) is 1. The fraction of sp³-hybridized carbons (Fsp3) is 0.250. The Morgan fingerprint density at radius 3 is 2.61 bits per heavy atom. The number of imide groups is 1. The lowest BCUT2D eigenvalue weighted by atomic mass is 10.0. The van der Waals surface area contributed by atoms with Gasteiger partial charge < -0.3 is 10.2 Å². The summed E-state index contributed by atoms with van der Waals surface area (Å²) >= 11 is 0. The fourth-order valence-electron chi connectivity index (χ4n) is 3.85. The summed E-state index contributed by atoms with van der Waals surface area (Å²) in [5, 5.41) is 10.3. The highest BCUT2D eigenvalue weighted by Gasteiger charge is 2.39. The number of carbonyl (C=O) groups excluding carboxylic acids is 3. The molecule has 0 aromatic heterocycles. The lowest BCUT2D eigenvalue weighted by molar-refractivity contribution is -0.136. The number of fused-ring (bicyclic) bond motifs is 1. The third-order valence-corrected chi connectivity index (χ3v) is 6.33. The molecular weight excluding hydrogens is 427 g/mol. The standard InChI is InChI=1S/C20H19FN4O5S/c21-18-11(3-1-6-16(18)31(22,29)30)9-23-14-5-2-4-12-13(14)10-25(20(12)28)15-7-8-17(26)24-19(15)27/h1-6,15,23H,7-10H2,(H2,22,29,30)(H,24,26,27)/t15-/m1/s1. The van der Waals surface area contributed by atoms with E-state index in [0.717, 1.165) is 6.07 Å². The van der Waals surface area contributed by atoms with Crippen LogP contribution in [0.15, 0.2) is 41.3 Å². The number of sulfonamides is 1. The molecule has 162 valence electrons. The van der Waals surface area contributed by atoms with E-state index in [1.807, 2.05) is 0 Å². The van der Waals surface area contributed by atoms with E-state index in [4.69, 9.17) is 5.14 Å². The zero-order valence-corrected chi connectivity index (χ0v) is 17.0. The predicted octanol–water partition coefficient (Wildman–Crippen LogP) is 0.846. The van der Waals surface area contributed by atoms with Crippen molar-refractivity contribution < 1.29 is 27.2 Å². The monoisotopic (exact) mass is 446 g/mol. The maximum Gasteiger partial charge on any atom is 0.255 e. The minimum absolute atomic E-state index is 0.0434. The van der Waals surface area contributed by atoms with Gasteiger partial charge in [-0.3, -0.25) is 19.7 Å². The van der Waals surface area contributed by atoms with Crippen LogP contribution < -0.4 is 15.8 Å². The Kier molecular flexibility index (Phi) is 5.23. The van der Waals surface area contributed by atoms with Crippen molar-refractivity contribution in [3.05, 3.63) is 58.9 Å². The molecule has 0 saturated carbocycles. The van der Waals surface area contributed by atoms with Crippen molar-refractivity contribution in [3.63, 3.8) is 0 Å². The number of piperidine rings is 1. The van der Waals surface area contributed by atoms with Gasteiger partial charge in [0.2, 0.25) is 21.8 Å². The molecule has 1 atom stereocenters. The van der Waals surface area contributed by atoms with Gasteiger partial charge in [0.05, 0.1) is 0 Å². The first kappa shape index (κ1) is 20.9. The lowest BCUT2D eigenvalue weighted by Gasteiger charge is -2.29. The highest BCUT2D eigenvalue weighted by atomic mass is 32.2. The Balaban J connectivity index is 1.56. The van der Waals surface area contributed by atoms with Crippen LogP contribution in [0.25, 0.3) is 0 Å². The molecule has 0 aliphatic carbocycles. The number of nitrogens with two attached hydrogens (primary N) is 1. The topological polar surface area (TPSA) is 139 Å². The van der Waals surface area contributed by atoms with Crippen LogP contribution in [0.3, 0.4) is 0 Å². The molecule has 1 fully saturated rings. The molecular formula is C20H19FN4O5S. The smallest absolute Gasteiger partial charge is 0.255 e. The van der Waals surface area contributed by atoms with E-state index >= 15 is 0 Å². The first-order chi connectivity index (χ1) is 14.7. The Bertz CT molecular complexity index is 1210. The van der Waals surface area contributed by atoms with Crippen molar-refractivity contribution in [1.29, 1.82) is 0 Å². The molecule has 2 heterocycles. The molecule has 9 nitrogen and oxygen atoms in total. The average molecular weight is 446 g/mol. The van der Waals surface area contributed by atoms with Crippen molar-refractivity contribution in [1.82, 2.24) is 10.2 Å². The van der Waals surface area contributed by atoms with Crippen LogP contribution in [0, 0.1) is 5.82 Å².